The third kappa shape index (κ3) is 5.55. The molecule has 0 radical (unpaired) electrons. The fourth-order valence-corrected chi connectivity index (χ4v) is 9.52. The zero-order chi connectivity index (χ0) is 41.4. The van der Waals surface area contributed by atoms with E-state index in [0.29, 0.717) is 17.5 Å². The van der Waals surface area contributed by atoms with E-state index >= 15 is 0 Å². The van der Waals surface area contributed by atoms with Crippen LogP contribution in [0.1, 0.15) is 0 Å². The highest BCUT2D eigenvalue weighted by molar-refractivity contribution is 6.24. The average Bonchev–Trinajstić information content (AvgIpc) is 4.03. The van der Waals surface area contributed by atoms with Gasteiger partial charge in [-0.15, -0.1) is 0 Å². The minimum atomic E-state index is 0.551. The molecule has 0 spiro atoms. The predicted molar refractivity (Wildman–Crippen MR) is 258 cm³/mol. The highest BCUT2D eigenvalue weighted by atomic mass is 16.3. The van der Waals surface area contributed by atoms with E-state index in [2.05, 4.69) is 161 Å². The molecular formula is C57H35N5O. The summed E-state index contributed by atoms with van der Waals surface area (Å²) in [5.74, 6) is 1.72. The number of rotatable bonds is 6. The van der Waals surface area contributed by atoms with E-state index in [9.17, 15) is 0 Å². The summed E-state index contributed by atoms with van der Waals surface area (Å²) in [7, 11) is 0. The summed E-state index contributed by atoms with van der Waals surface area (Å²) in [4.78, 5) is 15.5. The van der Waals surface area contributed by atoms with Gasteiger partial charge in [0.25, 0.3) is 0 Å². The van der Waals surface area contributed by atoms with Crippen LogP contribution in [0.25, 0.3) is 122 Å². The minimum Gasteiger partial charge on any atom is -0.455 e. The molecule has 0 fully saturated rings. The van der Waals surface area contributed by atoms with Crippen molar-refractivity contribution in [3.05, 3.63) is 212 Å². The van der Waals surface area contributed by atoms with Crippen LogP contribution in [0.2, 0.25) is 0 Å². The number of hydrogen-bond acceptors (Lipinski definition) is 4. The minimum absolute atomic E-state index is 0.551. The fourth-order valence-electron chi connectivity index (χ4n) is 9.52. The maximum Gasteiger partial charge on any atom is 0.167 e. The van der Waals surface area contributed by atoms with Gasteiger partial charge in [-0.3, -0.25) is 0 Å². The molecule has 0 unspecified atom stereocenters. The lowest BCUT2D eigenvalue weighted by molar-refractivity contribution is 0.669. The van der Waals surface area contributed by atoms with Crippen LogP contribution in [0.4, 0.5) is 0 Å². The molecule has 9 aromatic carbocycles. The number of hydrogen-bond donors (Lipinski definition) is 0. The van der Waals surface area contributed by atoms with Crippen molar-refractivity contribution in [2.75, 3.05) is 0 Å². The lowest BCUT2D eigenvalue weighted by Gasteiger charge is -2.14. The van der Waals surface area contributed by atoms with Crippen LogP contribution < -0.4 is 0 Å². The van der Waals surface area contributed by atoms with Crippen LogP contribution in [0.15, 0.2) is 217 Å². The van der Waals surface area contributed by atoms with Crippen LogP contribution in [0.3, 0.4) is 0 Å². The molecule has 63 heavy (non-hydrogen) atoms. The monoisotopic (exact) mass is 805 g/mol. The Morgan fingerprint density at radius 3 is 1.52 bits per heavy atom. The van der Waals surface area contributed by atoms with Gasteiger partial charge in [-0.05, 0) is 59.7 Å². The maximum atomic E-state index is 6.50. The Morgan fingerprint density at radius 1 is 0.317 bits per heavy atom. The highest BCUT2D eigenvalue weighted by Crippen LogP contribution is 2.43. The third-order valence-corrected chi connectivity index (χ3v) is 12.4. The zero-order valence-electron chi connectivity index (χ0n) is 33.9. The Hall–Kier alpha value is -8.61. The van der Waals surface area contributed by atoms with E-state index in [1.165, 1.54) is 32.7 Å². The molecule has 4 aromatic heterocycles. The van der Waals surface area contributed by atoms with Crippen molar-refractivity contribution in [2.45, 2.75) is 0 Å². The highest BCUT2D eigenvalue weighted by Gasteiger charge is 2.23. The molecule has 0 amide bonds. The molecule has 0 bridgehead atoms. The first-order chi connectivity index (χ1) is 31.2. The van der Waals surface area contributed by atoms with Crippen molar-refractivity contribution in [1.29, 1.82) is 0 Å². The van der Waals surface area contributed by atoms with Gasteiger partial charge in [0.2, 0.25) is 0 Å². The van der Waals surface area contributed by atoms with Crippen LogP contribution in [0.5, 0.6) is 0 Å². The number of furan rings is 1. The normalized spacial score (nSPS) is 11.8. The van der Waals surface area contributed by atoms with Crippen LogP contribution >= 0.6 is 0 Å². The lowest BCUT2D eigenvalue weighted by Crippen LogP contribution is -2.02. The van der Waals surface area contributed by atoms with Gasteiger partial charge < -0.3 is 13.6 Å². The summed E-state index contributed by atoms with van der Waals surface area (Å²) >= 11 is 0. The van der Waals surface area contributed by atoms with Gasteiger partial charge in [0.1, 0.15) is 11.2 Å². The van der Waals surface area contributed by atoms with E-state index in [-0.39, 0.29) is 0 Å². The first kappa shape index (κ1) is 35.2. The summed E-state index contributed by atoms with van der Waals surface area (Å²) in [5, 5.41) is 6.85. The van der Waals surface area contributed by atoms with Gasteiger partial charge >= 0.3 is 0 Å². The molecule has 0 aliphatic carbocycles. The molecule has 0 N–H and O–H groups in total. The first-order valence-electron chi connectivity index (χ1n) is 21.2. The number of para-hydroxylation sites is 4. The quantitative estimate of drug-likeness (QED) is 0.168. The number of nitrogens with zero attached hydrogens (tertiary/aromatic N) is 5. The molecule has 294 valence electrons. The number of aromatic nitrogens is 5. The number of benzene rings is 9. The molecule has 0 aliphatic heterocycles. The molecule has 13 aromatic rings. The summed E-state index contributed by atoms with van der Waals surface area (Å²) in [5.41, 5.74) is 13.2. The van der Waals surface area contributed by atoms with E-state index in [1.54, 1.807) is 0 Å². The second-order valence-corrected chi connectivity index (χ2v) is 16.0. The summed E-state index contributed by atoms with van der Waals surface area (Å²) in [6, 6.07) is 74.5. The molecule has 0 saturated carbocycles. The second-order valence-electron chi connectivity index (χ2n) is 16.0. The van der Waals surface area contributed by atoms with E-state index in [1.807, 2.05) is 60.7 Å². The SMILES string of the molecule is c1ccc(-c2ccc(-n3c4ccccc4c4ccc5c6ccccc6n(-c6cccc(-c7nc(-c8ccccc8)nc(-c8cccc9c8oc8ccccc89)n7)c6)c5c43)cc2)cc1. The smallest absolute Gasteiger partial charge is 0.167 e. The molecule has 0 atom stereocenters. The zero-order valence-corrected chi connectivity index (χ0v) is 33.9. The molecule has 0 saturated heterocycles. The van der Waals surface area contributed by atoms with Gasteiger partial charge in [-0.1, -0.05) is 164 Å². The third-order valence-electron chi connectivity index (χ3n) is 12.4. The molecule has 6 nitrogen and oxygen atoms in total. The average molecular weight is 806 g/mol. The van der Waals surface area contributed by atoms with Crippen LogP contribution in [-0.2, 0) is 0 Å². The van der Waals surface area contributed by atoms with Crippen molar-refractivity contribution < 1.29 is 4.42 Å². The lowest BCUT2D eigenvalue weighted by atomic mass is 10.1. The van der Waals surface area contributed by atoms with Crippen LogP contribution in [-0.4, -0.2) is 24.1 Å². The Labute approximate surface area is 361 Å². The Kier molecular flexibility index (Phi) is 7.80. The molecule has 13 rings (SSSR count). The van der Waals surface area contributed by atoms with Gasteiger partial charge in [0, 0.05) is 54.8 Å². The molecule has 0 aliphatic rings. The van der Waals surface area contributed by atoms with E-state index < -0.39 is 0 Å². The Morgan fingerprint density at radius 2 is 0.825 bits per heavy atom. The predicted octanol–water partition coefficient (Wildman–Crippen LogP) is 14.6. The molecule has 4 heterocycles. The van der Waals surface area contributed by atoms with Crippen molar-refractivity contribution in [3.63, 3.8) is 0 Å². The van der Waals surface area contributed by atoms with E-state index in [4.69, 9.17) is 19.4 Å². The summed E-state index contributed by atoms with van der Waals surface area (Å²) < 4.78 is 11.3. The topological polar surface area (TPSA) is 61.7 Å². The number of fused-ring (bicyclic) bond motifs is 10. The second kappa shape index (κ2) is 14.0. The van der Waals surface area contributed by atoms with Gasteiger partial charge in [-0.25, -0.2) is 15.0 Å². The van der Waals surface area contributed by atoms with Crippen molar-refractivity contribution in [1.82, 2.24) is 24.1 Å². The van der Waals surface area contributed by atoms with Crippen molar-refractivity contribution >= 4 is 65.6 Å². The van der Waals surface area contributed by atoms with Crippen molar-refractivity contribution in [3.8, 4) is 56.7 Å². The van der Waals surface area contributed by atoms with Crippen LogP contribution in [0, 0.1) is 0 Å². The van der Waals surface area contributed by atoms with Gasteiger partial charge in [-0.2, -0.15) is 0 Å². The fraction of sp³-hybridized carbons (Fsp3) is 0. The summed E-state index contributed by atoms with van der Waals surface area (Å²) in [6.07, 6.45) is 0. The van der Waals surface area contributed by atoms with E-state index in [0.717, 1.165) is 72.1 Å². The maximum absolute atomic E-state index is 6.50. The first-order valence-corrected chi connectivity index (χ1v) is 21.2. The summed E-state index contributed by atoms with van der Waals surface area (Å²) in [6.45, 7) is 0. The molecular weight excluding hydrogens is 771 g/mol. The van der Waals surface area contributed by atoms with Crippen molar-refractivity contribution in [2.24, 2.45) is 0 Å². The largest absolute Gasteiger partial charge is 0.455 e. The van der Waals surface area contributed by atoms with Gasteiger partial charge in [0.15, 0.2) is 17.5 Å². The Balaban J connectivity index is 1.05. The standard InChI is InChI=1S/C57H35N5O/c1-3-15-36(16-4-1)37-29-31-40(32-30-37)61-49-26-10-7-21-42(49)45-33-34-46-43-22-8-11-27-50(43)62(53(46)52(45)61)41-20-13-19-39(35-41)56-58-55(38-17-5-2-6-18-38)59-57(60-56)48-25-14-24-47-44-23-9-12-28-51(44)63-54(47)48/h1-35H. The van der Waals surface area contributed by atoms with Gasteiger partial charge in [0.05, 0.1) is 27.6 Å². The Bertz CT molecular complexity index is 3900. The molecule has 6 heteroatoms.